The second kappa shape index (κ2) is 5.49. The highest BCUT2D eigenvalue weighted by atomic mass is 35.5. The molecule has 0 bridgehead atoms. The Morgan fingerprint density at radius 3 is 3.16 bits per heavy atom. The third kappa shape index (κ3) is 2.76. The van der Waals surface area contributed by atoms with Crippen LogP contribution in [0.1, 0.15) is 30.0 Å². The molecule has 19 heavy (non-hydrogen) atoms. The number of halogens is 1. The lowest BCUT2D eigenvalue weighted by Gasteiger charge is -2.28. The molecule has 2 N–H and O–H groups in total. The molecule has 1 saturated heterocycles. The van der Waals surface area contributed by atoms with Crippen molar-refractivity contribution in [2.75, 3.05) is 13.2 Å². The van der Waals surface area contributed by atoms with Crippen molar-refractivity contribution in [2.24, 2.45) is 0 Å². The first-order chi connectivity index (χ1) is 9.24. The zero-order valence-electron chi connectivity index (χ0n) is 10.6. The lowest BCUT2D eigenvalue weighted by Crippen LogP contribution is -2.43. The number of rotatable bonds is 2. The first-order valence-corrected chi connectivity index (χ1v) is 7.03. The largest absolute Gasteiger partial charge is 0.368 e. The molecule has 102 valence electrons. The molecular weight excluding hydrogens is 264 g/mol. The Morgan fingerprint density at radius 1 is 1.47 bits per heavy atom. The monoisotopic (exact) mass is 280 g/mol. The minimum atomic E-state index is -0.280. The molecule has 0 spiro atoms. The van der Waals surface area contributed by atoms with Crippen LogP contribution in [0.2, 0.25) is 5.02 Å². The first kappa shape index (κ1) is 12.9. The quantitative estimate of drug-likeness (QED) is 0.868. The fraction of sp³-hybridized carbons (Fsp3) is 0.500. The summed E-state index contributed by atoms with van der Waals surface area (Å²) in [4.78, 5) is 12.1. The van der Waals surface area contributed by atoms with Gasteiger partial charge in [-0.3, -0.25) is 4.79 Å². The zero-order chi connectivity index (χ0) is 13.2. The minimum absolute atomic E-state index is 0.00211. The predicted octanol–water partition coefficient (Wildman–Crippen LogP) is 1.78. The number of ether oxygens (including phenoxy) is 1. The van der Waals surface area contributed by atoms with E-state index in [0.717, 1.165) is 42.1 Å². The molecule has 2 aliphatic heterocycles. The van der Waals surface area contributed by atoms with Crippen LogP contribution in [0.25, 0.3) is 0 Å². The van der Waals surface area contributed by atoms with Crippen LogP contribution in [-0.4, -0.2) is 25.2 Å². The molecule has 2 aliphatic rings. The Hall–Kier alpha value is -1.10. The van der Waals surface area contributed by atoms with Crippen LogP contribution in [0.3, 0.4) is 0 Å². The van der Waals surface area contributed by atoms with E-state index in [0.29, 0.717) is 6.61 Å². The number of carbonyl (C=O) groups excluding carboxylic acids is 1. The maximum Gasteiger partial charge on any atom is 0.249 e. The van der Waals surface area contributed by atoms with Crippen LogP contribution < -0.4 is 10.6 Å². The fourth-order valence-electron chi connectivity index (χ4n) is 2.71. The third-order valence-corrected chi connectivity index (χ3v) is 3.92. The molecule has 0 aliphatic carbocycles. The van der Waals surface area contributed by atoms with Gasteiger partial charge in [0.25, 0.3) is 0 Å². The van der Waals surface area contributed by atoms with Crippen LogP contribution in [0.15, 0.2) is 18.2 Å². The molecule has 1 aromatic carbocycles. The zero-order valence-corrected chi connectivity index (χ0v) is 11.4. The van der Waals surface area contributed by atoms with Gasteiger partial charge in [0.2, 0.25) is 5.91 Å². The van der Waals surface area contributed by atoms with Crippen molar-refractivity contribution in [3.63, 3.8) is 0 Å². The van der Waals surface area contributed by atoms with Crippen molar-refractivity contribution in [3.8, 4) is 0 Å². The Bertz CT molecular complexity index is 486. The summed E-state index contributed by atoms with van der Waals surface area (Å²) in [6.07, 6.45) is 1.50. The van der Waals surface area contributed by atoms with E-state index in [9.17, 15) is 4.79 Å². The van der Waals surface area contributed by atoms with Gasteiger partial charge in [-0.2, -0.15) is 0 Å². The molecular formula is C14H17ClN2O2. The molecule has 2 unspecified atom stereocenters. The van der Waals surface area contributed by atoms with E-state index in [1.807, 2.05) is 18.2 Å². The summed E-state index contributed by atoms with van der Waals surface area (Å²) < 4.78 is 5.41. The molecule has 1 aromatic rings. The lowest BCUT2D eigenvalue weighted by molar-refractivity contribution is -0.130. The summed E-state index contributed by atoms with van der Waals surface area (Å²) in [6.45, 7) is 2.22. The highest BCUT2D eigenvalue weighted by molar-refractivity contribution is 6.30. The van der Waals surface area contributed by atoms with E-state index >= 15 is 0 Å². The van der Waals surface area contributed by atoms with Gasteiger partial charge in [-0.05, 0) is 36.1 Å². The van der Waals surface area contributed by atoms with Gasteiger partial charge in [0.15, 0.2) is 0 Å². The summed E-state index contributed by atoms with van der Waals surface area (Å²) in [6, 6.07) is 5.82. The van der Waals surface area contributed by atoms with Gasteiger partial charge >= 0.3 is 0 Å². The number of benzene rings is 1. The van der Waals surface area contributed by atoms with E-state index in [1.165, 1.54) is 0 Å². The van der Waals surface area contributed by atoms with Crippen molar-refractivity contribution in [3.05, 3.63) is 34.3 Å². The van der Waals surface area contributed by atoms with Gasteiger partial charge in [-0.1, -0.05) is 17.7 Å². The number of hydrogen-bond donors (Lipinski definition) is 2. The van der Waals surface area contributed by atoms with Crippen LogP contribution in [0, 0.1) is 0 Å². The van der Waals surface area contributed by atoms with Gasteiger partial charge in [0.1, 0.15) is 6.10 Å². The molecule has 2 atom stereocenters. The standard InChI is InChI=1S/C14H17ClN2O2/c15-10-3-4-11-9(6-10)7-16-8-12(11)17-14(18)13-2-1-5-19-13/h3-4,6,12-13,16H,1-2,5,7-8H2,(H,17,18). The van der Waals surface area contributed by atoms with Crippen molar-refractivity contribution >= 4 is 17.5 Å². The van der Waals surface area contributed by atoms with Crippen molar-refractivity contribution in [1.29, 1.82) is 0 Å². The van der Waals surface area contributed by atoms with Crippen molar-refractivity contribution < 1.29 is 9.53 Å². The second-order valence-corrected chi connectivity index (χ2v) is 5.47. The molecule has 2 heterocycles. The minimum Gasteiger partial charge on any atom is -0.368 e. The molecule has 3 rings (SSSR count). The van der Waals surface area contributed by atoms with Gasteiger partial charge in [-0.25, -0.2) is 0 Å². The summed E-state index contributed by atoms with van der Waals surface area (Å²) in [5, 5.41) is 7.10. The Balaban J connectivity index is 1.74. The highest BCUT2D eigenvalue weighted by Gasteiger charge is 2.28. The second-order valence-electron chi connectivity index (χ2n) is 5.04. The molecule has 5 heteroatoms. The molecule has 1 amide bonds. The number of carbonyl (C=O) groups is 1. The van der Waals surface area contributed by atoms with E-state index in [2.05, 4.69) is 10.6 Å². The van der Waals surface area contributed by atoms with Crippen LogP contribution in [0.4, 0.5) is 0 Å². The molecule has 4 nitrogen and oxygen atoms in total. The topological polar surface area (TPSA) is 50.4 Å². The van der Waals surface area contributed by atoms with E-state index < -0.39 is 0 Å². The summed E-state index contributed by atoms with van der Waals surface area (Å²) in [5.74, 6) is -0.00731. The third-order valence-electron chi connectivity index (χ3n) is 3.68. The molecule has 0 radical (unpaired) electrons. The average molecular weight is 281 g/mol. The van der Waals surface area contributed by atoms with Crippen LogP contribution >= 0.6 is 11.6 Å². The Kier molecular flexibility index (Phi) is 3.73. The lowest BCUT2D eigenvalue weighted by atomic mass is 9.96. The van der Waals surface area contributed by atoms with Gasteiger partial charge in [0, 0.05) is 24.7 Å². The predicted molar refractivity (Wildman–Crippen MR) is 73.0 cm³/mol. The maximum absolute atomic E-state index is 12.1. The Morgan fingerprint density at radius 2 is 2.37 bits per heavy atom. The molecule has 1 fully saturated rings. The van der Waals surface area contributed by atoms with Crippen molar-refractivity contribution in [2.45, 2.75) is 31.5 Å². The van der Waals surface area contributed by atoms with Gasteiger partial charge in [0.05, 0.1) is 6.04 Å². The van der Waals surface area contributed by atoms with E-state index in [1.54, 1.807) is 0 Å². The average Bonchev–Trinajstić information content (AvgIpc) is 2.92. The number of hydrogen-bond acceptors (Lipinski definition) is 3. The molecule has 0 saturated carbocycles. The number of amides is 1. The Labute approximate surface area is 117 Å². The fourth-order valence-corrected chi connectivity index (χ4v) is 2.90. The smallest absolute Gasteiger partial charge is 0.249 e. The van der Waals surface area contributed by atoms with Gasteiger partial charge < -0.3 is 15.4 Å². The number of fused-ring (bicyclic) bond motifs is 1. The summed E-state index contributed by atoms with van der Waals surface area (Å²) in [5.41, 5.74) is 2.30. The van der Waals surface area contributed by atoms with Crippen LogP contribution in [-0.2, 0) is 16.1 Å². The summed E-state index contributed by atoms with van der Waals surface area (Å²) in [7, 11) is 0. The number of nitrogens with one attached hydrogen (secondary N) is 2. The normalized spacial score (nSPS) is 25.9. The SMILES string of the molecule is O=C(NC1CNCc2cc(Cl)ccc21)C1CCCO1. The molecule has 0 aromatic heterocycles. The van der Waals surface area contributed by atoms with Crippen molar-refractivity contribution in [1.82, 2.24) is 10.6 Å². The highest BCUT2D eigenvalue weighted by Crippen LogP contribution is 2.25. The summed E-state index contributed by atoms with van der Waals surface area (Å²) >= 11 is 6.00. The van der Waals surface area contributed by atoms with Gasteiger partial charge in [-0.15, -0.1) is 0 Å². The maximum atomic E-state index is 12.1. The van der Waals surface area contributed by atoms with E-state index in [4.69, 9.17) is 16.3 Å². The van der Waals surface area contributed by atoms with Crippen LogP contribution in [0.5, 0.6) is 0 Å². The van der Waals surface area contributed by atoms with E-state index in [-0.39, 0.29) is 18.1 Å². The first-order valence-electron chi connectivity index (χ1n) is 6.65.